The van der Waals surface area contributed by atoms with Crippen molar-refractivity contribution in [3.05, 3.63) is 29.8 Å². The monoisotopic (exact) mass is 192 g/mol. The van der Waals surface area contributed by atoms with Crippen molar-refractivity contribution in [2.24, 2.45) is 0 Å². The lowest BCUT2D eigenvalue weighted by Crippen LogP contribution is -2.43. The molecule has 1 aromatic rings. The van der Waals surface area contributed by atoms with E-state index < -0.39 is 0 Å². The number of benzene rings is 1. The SMILES string of the molecule is OCc1ccccc1N1CCNCC1. The maximum absolute atomic E-state index is 9.21. The maximum Gasteiger partial charge on any atom is 0.0702 e. The van der Waals surface area contributed by atoms with Crippen LogP contribution in [0.3, 0.4) is 0 Å². The Bertz CT molecular complexity index is 295. The number of nitrogens with one attached hydrogen (secondary N) is 1. The number of nitrogens with zero attached hydrogens (tertiary/aromatic N) is 1. The fourth-order valence-corrected chi connectivity index (χ4v) is 1.86. The molecule has 0 aliphatic carbocycles. The average molecular weight is 192 g/mol. The second kappa shape index (κ2) is 4.44. The van der Waals surface area contributed by atoms with E-state index in [1.807, 2.05) is 18.2 Å². The molecule has 0 amide bonds. The van der Waals surface area contributed by atoms with Gasteiger partial charge in [0.2, 0.25) is 0 Å². The van der Waals surface area contributed by atoms with Crippen molar-refractivity contribution in [1.29, 1.82) is 0 Å². The minimum absolute atomic E-state index is 0.125. The van der Waals surface area contributed by atoms with Gasteiger partial charge in [-0.05, 0) is 6.07 Å². The molecule has 1 heterocycles. The van der Waals surface area contributed by atoms with E-state index >= 15 is 0 Å². The van der Waals surface area contributed by atoms with Gasteiger partial charge in [-0.2, -0.15) is 0 Å². The normalized spacial score (nSPS) is 17.1. The molecule has 0 bridgehead atoms. The summed E-state index contributed by atoms with van der Waals surface area (Å²) in [5.74, 6) is 0. The summed E-state index contributed by atoms with van der Waals surface area (Å²) in [5, 5.41) is 12.5. The Morgan fingerprint density at radius 2 is 1.93 bits per heavy atom. The van der Waals surface area contributed by atoms with Gasteiger partial charge in [0, 0.05) is 37.4 Å². The molecule has 3 heteroatoms. The lowest BCUT2D eigenvalue weighted by atomic mass is 10.1. The van der Waals surface area contributed by atoms with Gasteiger partial charge in [-0.25, -0.2) is 0 Å². The molecule has 0 saturated carbocycles. The molecule has 2 N–H and O–H groups in total. The van der Waals surface area contributed by atoms with Crippen molar-refractivity contribution in [3.63, 3.8) is 0 Å². The Kier molecular flexibility index (Phi) is 3.01. The van der Waals surface area contributed by atoms with Crippen LogP contribution >= 0.6 is 0 Å². The molecule has 1 saturated heterocycles. The minimum Gasteiger partial charge on any atom is -0.392 e. The van der Waals surface area contributed by atoms with Gasteiger partial charge in [0.25, 0.3) is 0 Å². The van der Waals surface area contributed by atoms with Gasteiger partial charge >= 0.3 is 0 Å². The van der Waals surface area contributed by atoms with Gasteiger partial charge < -0.3 is 15.3 Å². The summed E-state index contributed by atoms with van der Waals surface area (Å²) in [7, 11) is 0. The third-order valence-corrected chi connectivity index (χ3v) is 2.62. The minimum atomic E-state index is 0.125. The van der Waals surface area contributed by atoms with E-state index in [1.54, 1.807) is 0 Å². The number of aliphatic hydroxyl groups is 1. The summed E-state index contributed by atoms with van der Waals surface area (Å²) < 4.78 is 0. The smallest absolute Gasteiger partial charge is 0.0702 e. The Balaban J connectivity index is 2.20. The van der Waals surface area contributed by atoms with Crippen LogP contribution in [0, 0.1) is 0 Å². The van der Waals surface area contributed by atoms with E-state index in [2.05, 4.69) is 16.3 Å². The number of hydrogen-bond acceptors (Lipinski definition) is 3. The first-order valence-electron chi connectivity index (χ1n) is 5.06. The van der Waals surface area contributed by atoms with Crippen molar-refractivity contribution in [2.75, 3.05) is 31.1 Å². The molecule has 0 aromatic heterocycles. The Morgan fingerprint density at radius 3 is 2.64 bits per heavy atom. The fraction of sp³-hybridized carbons (Fsp3) is 0.455. The van der Waals surface area contributed by atoms with Gasteiger partial charge in [0.1, 0.15) is 0 Å². The largest absolute Gasteiger partial charge is 0.392 e. The molecule has 0 spiro atoms. The highest BCUT2D eigenvalue weighted by Gasteiger charge is 2.12. The first kappa shape index (κ1) is 9.49. The molecule has 1 aliphatic heterocycles. The summed E-state index contributed by atoms with van der Waals surface area (Å²) in [6.07, 6.45) is 0. The molecule has 3 nitrogen and oxygen atoms in total. The van der Waals surface area contributed by atoms with E-state index in [9.17, 15) is 5.11 Å². The zero-order valence-electron chi connectivity index (χ0n) is 8.24. The molecule has 1 aromatic carbocycles. The third kappa shape index (κ3) is 1.89. The molecular weight excluding hydrogens is 176 g/mol. The highest BCUT2D eigenvalue weighted by molar-refractivity contribution is 5.53. The summed E-state index contributed by atoms with van der Waals surface area (Å²) in [6.45, 7) is 4.23. The molecule has 1 fully saturated rings. The highest BCUT2D eigenvalue weighted by Crippen LogP contribution is 2.20. The zero-order chi connectivity index (χ0) is 9.80. The Labute approximate surface area is 84.4 Å². The predicted molar refractivity (Wildman–Crippen MR) is 57.4 cm³/mol. The van der Waals surface area contributed by atoms with Crippen molar-refractivity contribution < 1.29 is 5.11 Å². The lowest BCUT2D eigenvalue weighted by Gasteiger charge is -2.30. The van der Waals surface area contributed by atoms with E-state index in [4.69, 9.17) is 0 Å². The first-order chi connectivity index (χ1) is 6.92. The van der Waals surface area contributed by atoms with Gasteiger partial charge in [-0.1, -0.05) is 18.2 Å². The van der Waals surface area contributed by atoms with Gasteiger partial charge in [-0.15, -0.1) is 0 Å². The van der Waals surface area contributed by atoms with Crippen LogP contribution in [0.4, 0.5) is 5.69 Å². The van der Waals surface area contributed by atoms with Crippen LogP contribution in [0.15, 0.2) is 24.3 Å². The first-order valence-corrected chi connectivity index (χ1v) is 5.06. The number of para-hydroxylation sites is 1. The topological polar surface area (TPSA) is 35.5 Å². The summed E-state index contributed by atoms with van der Waals surface area (Å²) >= 11 is 0. The number of piperazine rings is 1. The van der Waals surface area contributed by atoms with Gasteiger partial charge in [0.05, 0.1) is 6.61 Å². The molecular formula is C11H16N2O. The molecule has 1 aliphatic rings. The van der Waals surface area contributed by atoms with Crippen LogP contribution in [-0.4, -0.2) is 31.3 Å². The van der Waals surface area contributed by atoms with E-state index in [-0.39, 0.29) is 6.61 Å². The second-order valence-corrected chi connectivity index (χ2v) is 3.52. The summed E-state index contributed by atoms with van der Waals surface area (Å²) in [4.78, 5) is 2.32. The van der Waals surface area contributed by atoms with Crippen LogP contribution in [-0.2, 0) is 6.61 Å². The zero-order valence-corrected chi connectivity index (χ0v) is 8.24. The van der Waals surface area contributed by atoms with Crippen LogP contribution in [0.5, 0.6) is 0 Å². The predicted octanol–water partition coefficient (Wildman–Crippen LogP) is 0.588. The Morgan fingerprint density at radius 1 is 1.21 bits per heavy atom. The molecule has 0 radical (unpaired) electrons. The van der Waals surface area contributed by atoms with Crippen LogP contribution in [0.25, 0.3) is 0 Å². The van der Waals surface area contributed by atoms with Crippen molar-refractivity contribution in [2.45, 2.75) is 6.61 Å². The summed E-state index contributed by atoms with van der Waals surface area (Å²) in [6, 6.07) is 8.06. The standard InChI is InChI=1S/C11H16N2O/c14-9-10-3-1-2-4-11(10)13-7-5-12-6-8-13/h1-4,12,14H,5-9H2. The second-order valence-electron chi connectivity index (χ2n) is 3.52. The highest BCUT2D eigenvalue weighted by atomic mass is 16.3. The average Bonchev–Trinajstić information content (AvgIpc) is 2.30. The van der Waals surface area contributed by atoms with Crippen LogP contribution in [0.1, 0.15) is 5.56 Å². The van der Waals surface area contributed by atoms with E-state index in [1.165, 1.54) is 5.69 Å². The summed E-state index contributed by atoms with van der Waals surface area (Å²) in [5.41, 5.74) is 2.20. The number of rotatable bonds is 2. The van der Waals surface area contributed by atoms with Crippen molar-refractivity contribution >= 4 is 5.69 Å². The quantitative estimate of drug-likeness (QED) is 0.720. The molecule has 76 valence electrons. The van der Waals surface area contributed by atoms with Crippen molar-refractivity contribution in [3.8, 4) is 0 Å². The van der Waals surface area contributed by atoms with E-state index in [0.29, 0.717) is 0 Å². The maximum atomic E-state index is 9.21. The van der Waals surface area contributed by atoms with Gasteiger partial charge in [0.15, 0.2) is 0 Å². The van der Waals surface area contributed by atoms with Gasteiger partial charge in [-0.3, -0.25) is 0 Å². The molecule has 0 atom stereocenters. The van der Waals surface area contributed by atoms with Crippen LogP contribution in [0.2, 0.25) is 0 Å². The Hall–Kier alpha value is -1.06. The lowest BCUT2D eigenvalue weighted by molar-refractivity contribution is 0.282. The number of anilines is 1. The molecule has 14 heavy (non-hydrogen) atoms. The third-order valence-electron chi connectivity index (χ3n) is 2.62. The number of aliphatic hydroxyl groups excluding tert-OH is 1. The fourth-order valence-electron chi connectivity index (χ4n) is 1.86. The van der Waals surface area contributed by atoms with Crippen molar-refractivity contribution in [1.82, 2.24) is 5.32 Å². The van der Waals surface area contributed by atoms with Crippen LogP contribution < -0.4 is 10.2 Å². The van der Waals surface area contributed by atoms with E-state index in [0.717, 1.165) is 31.7 Å². The number of hydrogen-bond donors (Lipinski definition) is 2. The molecule has 2 rings (SSSR count). The molecule has 0 unspecified atom stereocenters.